The summed E-state index contributed by atoms with van der Waals surface area (Å²) >= 11 is 0. The maximum absolute atomic E-state index is 6.18. The molecule has 92 valence electrons. The van der Waals surface area contributed by atoms with Gasteiger partial charge in [0, 0.05) is 25.2 Å². The van der Waals surface area contributed by atoms with Gasteiger partial charge in [0.2, 0.25) is 0 Å². The molecule has 0 radical (unpaired) electrons. The van der Waals surface area contributed by atoms with Gasteiger partial charge in [0.05, 0.1) is 12.7 Å². The normalized spacial score (nSPS) is 44.8. The molecule has 1 aliphatic heterocycles. The van der Waals surface area contributed by atoms with Crippen LogP contribution in [-0.2, 0) is 4.74 Å². The highest BCUT2D eigenvalue weighted by Crippen LogP contribution is 2.32. The lowest BCUT2D eigenvalue weighted by Gasteiger charge is -2.39. The quantitative estimate of drug-likeness (QED) is 0.770. The standard InChI is InChI=1S/C13H24N2O/c14-11-4-1-3-10(11)9-15-7-8-16-13-6-2-5-12(13)15/h10-13H,1-9,14H2. The molecule has 1 heterocycles. The van der Waals surface area contributed by atoms with Crippen molar-refractivity contribution in [3.05, 3.63) is 0 Å². The first-order chi connectivity index (χ1) is 7.84. The molecule has 2 saturated carbocycles. The summed E-state index contributed by atoms with van der Waals surface area (Å²) in [6.07, 6.45) is 8.42. The predicted octanol–water partition coefficient (Wildman–Crippen LogP) is 1.37. The second-order valence-electron chi connectivity index (χ2n) is 5.76. The Morgan fingerprint density at radius 2 is 2.00 bits per heavy atom. The van der Waals surface area contributed by atoms with E-state index in [1.165, 1.54) is 45.1 Å². The first-order valence-electron chi connectivity index (χ1n) is 6.96. The lowest BCUT2D eigenvalue weighted by Crippen LogP contribution is -2.51. The van der Waals surface area contributed by atoms with Crippen molar-refractivity contribution in [2.45, 2.75) is 56.7 Å². The second kappa shape index (κ2) is 4.63. The van der Waals surface area contributed by atoms with Crippen molar-refractivity contribution in [2.75, 3.05) is 19.7 Å². The third kappa shape index (κ3) is 2.01. The third-order valence-corrected chi connectivity index (χ3v) is 4.78. The number of nitrogens with zero attached hydrogens (tertiary/aromatic N) is 1. The summed E-state index contributed by atoms with van der Waals surface area (Å²) < 4.78 is 5.85. The van der Waals surface area contributed by atoms with Crippen molar-refractivity contribution in [1.82, 2.24) is 4.90 Å². The SMILES string of the molecule is NC1CCCC1CN1CCOC2CCCC21. The van der Waals surface area contributed by atoms with Crippen molar-refractivity contribution in [1.29, 1.82) is 0 Å². The van der Waals surface area contributed by atoms with Crippen LogP contribution in [0.3, 0.4) is 0 Å². The van der Waals surface area contributed by atoms with Crippen LogP contribution in [0.15, 0.2) is 0 Å². The van der Waals surface area contributed by atoms with Crippen LogP contribution in [0.25, 0.3) is 0 Å². The van der Waals surface area contributed by atoms with Crippen molar-refractivity contribution >= 4 is 0 Å². The van der Waals surface area contributed by atoms with Crippen LogP contribution in [-0.4, -0.2) is 42.8 Å². The van der Waals surface area contributed by atoms with Gasteiger partial charge >= 0.3 is 0 Å². The molecule has 2 N–H and O–H groups in total. The molecule has 0 bridgehead atoms. The number of fused-ring (bicyclic) bond motifs is 1. The van der Waals surface area contributed by atoms with Crippen LogP contribution in [0, 0.1) is 5.92 Å². The van der Waals surface area contributed by atoms with Crippen LogP contribution < -0.4 is 5.73 Å². The Morgan fingerprint density at radius 3 is 2.81 bits per heavy atom. The number of morpholine rings is 1. The number of nitrogens with two attached hydrogens (primary N) is 1. The van der Waals surface area contributed by atoms with Crippen LogP contribution in [0.2, 0.25) is 0 Å². The molecule has 0 aromatic carbocycles. The molecule has 4 unspecified atom stereocenters. The molecule has 3 fully saturated rings. The van der Waals surface area contributed by atoms with E-state index in [0.717, 1.165) is 19.1 Å². The van der Waals surface area contributed by atoms with Crippen LogP contribution in [0.4, 0.5) is 0 Å². The predicted molar refractivity (Wildman–Crippen MR) is 64.3 cm³/mol. The number of ether oxygens (including phenoxy) is 1. The average Bonchev–Trinajstić information content (AvgIpc) is 2.89. The summed E-state index contributed by atoms with van der Waals surface area (Å²) in [7, 11) is 0. The van der Waals surface area contributed by atoms with E-state index >= 15 is 0 Å². The molecule has 0 spiro atoms. The van der Waals surface area contributed by atoms with E-state index in [4.69, 9.17) is 10.5 Å². The summed E-state index contributed by atoms with van der Waals surface area (Å²) in [6, 6.07) is 1.17. The van der Waals surface area contributed by atoms with E-state index in [1.807, 2.05) is 0 Å². The number of hydrogen-bond acceptors (Lipinski definition) is 3. The molecule has 3 heteroatoms. The lowest BCUT2D eigenvalue weighted by atomic mass is 10.0. The molecule has 3 rings (SSSR count). The highest BCUT2D eigenvalue weighted by molar-refractivity contribution is 4.92. The van der Waals surface area contributed by atoms with Gasteiger partial charge in [0.25, 0.3) is 0 Å². The molecular formula is C13H24N2O. The fourth-order valence-corrected chi connectivity index (χ4v) is 3.83. The molecule has 4 atom stereocenters. The fourth-order valence-electron chi connectivity index (χ4n) is 3.83. The van der Waals surface area contributed by atoms with Gasteiger partial charge in [-0.3, -0.25) is 4.90 Å². The number of rotatable bonds is 2. The van der Waals surface area contributed by atoms with E-state index in [0.29, 0.717) is 18.2 Å². The van der Waals surface area contributed by atoms with Gasteiger partial charge in [-0.2, -0.15) is 0 Å². The van der Waals surface area contributed by atoms with E-state index in [1.54, 1.807) is 0 Å². The van der Waals surface area contributed by atoms with Crippen molar-refractivity contribution in [3.8, 4) is 0 Å². The largest absolute Gasteiger partial charge is 0.375 e. The van der Waals surface area contributed by atoms with Gasteiger partial charge in [-0.05, 0) is 38.0 Å². The molecule has 1 saturated heterocycles. The lowest BCUT2D eigenvalue weighted by molar-refractivity contribution is -0.0604. The Hall–Kier alpha value is -0.120. The summed E-state index contributed by atoms with van der Waals surface area (Å²) in [5.74, 6) is 0.749. The van der Waals surface area contributed by atoms with Crippen LogP contribution in [0.5, 0.6) is 0 Å². The molecule has 0 aromatic heterocycles. The first kappa shape index (κ1) is 11.0. The molecule has 0 amide bonds. The Balaban J connectivity index is 1.60. The summed E-state index contributed by atoms with van der Waals surface area (Å²) in [4.78, 5) is 2.68. The van der Waals surface area contributed by atoms with Gasteiger partial charge in [-0.1, -0.05) is 6.42 Å². The molecule has 3 aliphatic rings. The molecule has 16 heavy (non-hydrogen) atoms. The minimum atomic E-state index is 0.461. The maximum Gasteiger partial charge on any atom is 0.0730 e. The minimum Gasteiger partial charge on any atom is -0.375 e. The van der Waals surface area contributed by atoms with Crippen molar-refractivity contribution < 1.29 is 4.74 Å². The Morgan fingerprint density at radius 1 is 1.12 bits per heavy atom. The van der Waals surface area contributed by atoms with Crippen molar-refractivity contribution in [2.24, 2.45) is 11.7 Å². The second-order valence-corrected chi connectivity index (χ2v) is 5.76. The van der Waals surface area contributed by atoms with E-state index in [9.17, 15) is 0 Å². The van der Waals surface area contributed by atoms with Crippen LogP contribution in [0.1, 0.15) is 38.5 Å². The molecule has 3 nitrogen and oxygen atoms in total. The van der Waals surface area contributed by atoms with Crippen molar-refractivity contribution in [3.63, 3.8) is 0 Å². The van der Waals surface area contributed by atoms with Gasteiger partial charge < -0.3 is 10.5 Å². The Bertz CT molecular complexity index is 246. The van der Waals surface area contributed by atoms with Gasteiger partial charge in [0.15, 0.2) is 0 Å². The van der Waals surface area contributed by atoms with E-state index < -0.39 is 0 Å². The smallest absolute Gasteiger partial charge is 0.0730 e. The topological polar surface area (TPSA) is 38.5 Å². The fraction of sp³-hybridized carbons (Fsp3) is 1.00. The van der Waals surface area contributed by atoms with E-state index in [2.05, 4.69) is 4.90 Å². The Kier molecular flexibility index (Phi) is 3.18. The highest BCUT2D eigenvalue weighted by Gasteiger charge is 2.37. The maximum atomic E-state index is 6.18. The summed E-state index contributed by atoms with van der Waals surface area (Å²) in [5.41, 5.74) is 6.18. The van der Waals surface area contributed by atoms with Gasteiger partial charge in [0.1, 0.15) is 0 Å². The van der Waals surface area contributed by atoms with Crippen LogP contribution >= 0.6 is 0 Å². The average molecular weight is 224 g/mol. The van der Waals surface area contributed by atoms with Gasteiger partial charge in [-0.25, -0.2) is 0 Å². The zero-order valence-corrected chi connectivity index (χ0v) is 10.1. The Labute approximate surface area is 98.3 Å². The van der Waals surface area contributed by atoms with Gasteiger partial charge in [-0.15, -0.1) is 0 Å². The minimum absolute atomic E-state index is 0.461. The summed E-state index contributed by atoms with van der Waals surface area (Å²) in [5, 5.41) is 0. The molecular weight excluding hydrogens is 200 g/mol. The molecule has 0 aromatic rings. The first-order valence-corrected chi connectivity index (χ1v) is 6.96. The zero-order valence-electron chi connectivity index (χ0n) is 10.1. The zero-order chi connectivity index (χ0) is 11.0. The number of hydrogen-bond donors (Lipinski definition) is 1. The monoisotopic (exact) mass is 224 g/mol. The molecule has 2 aliphatic carbocycles. The summed E-state index contributed by atoms with van der Waals surface area (Å²) in [6.45, 7) is 3.29. The highest BCUT2D eigenvalue weighted by atomic mass is 16.5. The van der Waals surface area contributed by atoms with E-state index in [-0.39, 0.29) is 0 Å². The third-order valence-electron chi connectivity index (χ3n) is 4.78.